The molecule has 0 spiro atoms. The molecule has 0 amide bonds. The average molecular weight is 409 g/mol. The summed E-state index contributed by atoms with van der Waals surface area (Å²) in [6.07, 6.45) is 5.58. The zero-order valence-electron chi connectivity index (χ0n) is 16.3. The summed E-state index contributed by atoms with van der Waals surface area (Å²) >= 11 is 5.98. The second-order valence-corrected chi connectivity index (χ2v) is 7.61. The third-order valence-corrected chi connectivity index (χ3v) is 5.42. The van der Waals surface area contributed by atoms with E-state index in [-0.39, 0.29) is 0 Å². The molecule has 0 bridgehead atoms. The molecule has 1 aliphatic rings. The Balaban J connectivity index is 1.28. The van der Waals surface area contributed by atoms with Gasteiger partial charge in [0.05, 0.1) is 12.9 Å². The van der Waals surface area contributed by atoms with Crippen molar-refractivity contribution < 1.29 is 0 Å². The van der Waals surface area contributed by atoms with Crippen LogP contribution in [0.2, 0.25) is 5.02 Å². The highest BCUT2D eigenvalue weighted by Crippen LogP contribution is 2.19. The van der Waals surface area contributed by atoms with Crippen molar-refractivity contribution in [3.05, 3.63) is 83.4 Å². The summed E-state index contributed by atoms with van der Waals surface area (Å²) in [6.45, 7) is 4.98. The van der Waals surface area contributed by atoms with Crippen molar-refractivity contribution in [2.75, 3.05) is 31.1 Å². The Bertz CT molecular complexity index is 926. The Labute approximate surface area is 176 Å². The monoisotopic (exact) mass is 408 g/mol. The van der Waals surface area contributed by atoms with Gasteiger partial charge in [0.2, 0.25) is 0 Å². The Morgan fingerprint density at radius 2 is 1.66 bits per heavy atom. The van der Waals surface area contributed by atoms with Crippen molar-refractivity contribution in [3.63, 3.8) is 0 Å². The van der Waals surface area contributed by atoms with Crippen LogP contribution in [-0.4, -0.2) is 46.6 Å². The van der Waals surface area contributed by atoms with E-state index in [4.69, 9.17) is 17.3 Å². The molecule has 2 heterocycles. The van der Waals surface area contributed by atoms with Crippen molar-refractivity contribution in [1.82, 2.24) is 14.5 Å². The number of nitrogens with two attached hydrogens (primary N) is 1. The van der Waals surface area contributed by atoms with Crippen LogP contribution in [0.1, 0.15) is 11.1 Å². The summed E-state index contributed by atoms with van der Waals surface area (Å²) in [4.78, 5) is 13.2. The Hall–Kier alpha value is -2.99. The molecule has 7 heteroatoms. The predicted molar refractivity (Wildman–Crippen MR) is 118 cm³/mol. The molecule has 29 heavy (non-hydrogen) atoms. The maximum atomic E-state index is 6.25. The van der Waals surface area contributed by atoms with Crippen LogP contribution in [0.4, 0.5) is 5.69 Å². The lowest BCUT2D eigenvalue weighted by molar-refractivity contribution is 0.380. The minimum atomic E-state index is 0.592. The minimum Gasteiger partial charge on any atom is -0.370 e. The molecular formula is C22H25ClN6. The lowest BCUT2D eigenvalue weighted by Crippen LogP contribution is -2.51. The predicted octanol–water partition coefficient (Wildman–Crippen LogP) is 3.22. The number of aliphatic imine (C=N–C) groups is 1. The summed E-state index contributed by atoms with van der Waals surface area (Å²) < 4.78 is 2.05. The maximum Gasteiger partial charge on any atom is 0.191 e. The normalized spacial score (nSPS) is 15.0. The molecule has 0 aliphatic carbocycles. The van der Waals surface area contributed by atoms with Crippen LogP contribution in [0.15, 0.2) is 72.2 Å². The molecule has 2 aromatic carbocycles. The number of imidazole rings is 1. The highest BCUT2D eigenvalue weighted by atomic mass is 35.5. The van der Waals surface area contributed by atoms with Gasteiger partial charge in [0.1, 0.15) is 0 Å². The molecule has 150 valence electrons. The first-order valence-corrected chi connectivity index (χ1v) is 10.1. The first kappa shape index (κ1) is 19.3. The van der Waals surface area contributed by atoms with E-state index in [0.29, 0.717) is 12.5 Å². The molecule has 6 nitrogen and oxygen atoms in total. The van der Waals surface area contributed by atoms with Crippen molar-refractivity contribution >= 4 is 23.2 Å². The second kappa shape index (κ2) is 9.01. The molecule has 0 radical (unpaired) electrons. The third kappa shape index (κ3) is 5.09. The van der Waals surface area contributed by atoms with Crippen LogP contribution in [0.25, 0.3) is 0 Å². The summed E-state index contributed by atoms with van der Waals surface area (Å²) in [7, 11) is 0. The van der Waals surface area contributed by atoms with Crippen LogP contribution in [-0.2, 0) is 13.1 Å². The number of hydrogen-bond donors (Lipinski definition) is 1. The van der Waals surface area contributed by atoms with E-state index in [1.54, 1.807) is 6.20 Å². The molecule has 4 rings (SSSR count). The molecule has 0 saturated carbocycles. The van der Waals surface area contributed by atoms with E-state index in [2.05, 4.69) is 60.7 Å². The first-order valence-electron chi connectivity index (χ1n) is 9.76. The fourth-order valence-electron chi connectivity index (χ4n) is 3.46. The lowest BCUT2D eigenvalue weighted by atomic mass is 10.1. The van der Waals surface area contributed by atoms with Crippen LogP contribution >= 0.6 is 11.6 Å². The average Bonchev–Trinajstić information content (AvgIpc) is 3.27. The van der Waals surface area contributed by atoms with Gasteiger partial charge in [-0.05, 0) is 35.4 Å². The zero-order valence-corrected chi connectivity index (χ0v) is 17.0. The Kier molecular flexibility index (Phi) is 6.00. The number of halogens is 1. The van der Waals surface area contributed by atoms with Gasteiger partial charge >= 0.3 is 0 Å². The molecule has 1 aromatic heterocycles. The van der Waals surface area contributed by atoms with Gasteiger partial charge in [0.25, 0.3) is 0 Å². The van der Waals surface area contributed by atoms with Crippen molar-refractivity contribution in [2.45, 2.75) is 13.1 Å². The highest BCUT2D eigenvalue weighted by Gasteiger charge is 2.18. The van der Waals surface area contributed by atoms with E-state index >= 15 is 0 Å². The molecule has 2 N–H and O–H groups in total. The molecule has 1 saturated heterocycles. The van der Waals surface area contributed by atoms with Crippen LogP contribution in [0.3, 0.4) is 0 Å². The first-order chi connectivity index (χ1) is 14.2. The van der Waals surface area contributed by atoms with Crippen molar-refractivity contribution in [1.29, 1.82) is 0 Å². The molecular weight excluding hydrogens is 384 g/mol. The minimum absolute atomic E-state index is 0.592. The van der Waals surface area contributed by atoms with Gasteiger partial charge in [-0.15, -0.1) is 0 Å². The van der Waals surface area contributed by atoms with E-state index in [0.717, 1.165) is 43.3 Å². The Morgan fingerprint density at radius 3 is 2.31 bits per heavy atom. The van der Waals surface area contributed by atoms with Crippen LogP contribution in [0, 0.1) is 0 Å². The number of guanidine groups is 1. The number of rotatable bonds is 5. The number of benzene rings is 2. The zero-order chi connectivity index (χ0) is 20.1. The number of aromatic nitrogens is 2. The fourth-order valence-corrected chi connectivity index (χ4v) is 3.59. The van der Waals surface area contributed by atoms with Gasteiger partial charge in [-0.1, -0.05) is 35.9 Å². The summed E-state index contributed by atoms with van der Waals surface area (Å²) in [5, 5.41) is 0.763. The van der Waals surface area contributed by atoms with E-state index < -0.39 is 0 Å². The lowest BCUT2D eigenvalue weighted by Gasteiger charge is -2.36. The highest BCUT2D eigenvalue weighted by molar-refractivity contribution is 6.30. The van der Waals surface area contributed by atoms with Crippen LogP contribution in [0.5, 0.6) is 0 Å². The van der Waals surface area contributed by atoms with Gasteiger partial charge in [-0.3, -0.25) is 0 Å². The topological polar surface area (TPSA) is 62.7 Å². The number of anilines is 1. The van der Waals surface area contributed by atoms with Gasteiger partial charge in [-0.25, -0.2) is 9.98 Å². The van der Waals surface area contributed by atoms with Gasteiger partial charge in [0, 0.05) is 55.8 Å². The van der Waals surface area contributed by atoms with Crippen LogP contribution < -0.4 is 10.6 Å². The van der Waals surface area contributed by atoms with E-state index in [1.807, 2.05) is 24.7 Å². The summed E-state index contributed by atoms with van der Waals surface area (Å²) in [5.74, 6) is 0.614. The molecule has 3 aromatic rings. The second-order valence-electron chi connectivity index (χ2n) is 7.18. The summed E-state index contributed by atoms with van der Waals surface area (Å²) in [5.41, 5.74) is 9.84. The fraction of sp³-hybridized carbons (Fsp3) is 0.273. The largest absolute Gasteiger partial charge is 0.370 e. The number of piperazine rings is 1. The molecule has 0 unspecified atom stereocenters. The standard InChI is InChI=1S/C22H25ClN6/c23-20-5-7-21(8-6-20)28-11-13-29(14-12-28)22(24)26-15-18-1-3-19(4-2-18)16-27-10-9-25-17-27/h1-10,17H,11-16H2,(H2,24,26). The van der Waals surface area contributed by atoms with Crippen molar-refractivity contribution in [3.8, 4) is 0 Å². The number of hydrogen-bond acceptors (Lipinski definition) is 3. The molecule has 1 aliphatic heterocycles. The van der Waals surface area contributed by atoms with Gasteiger partial charge in [0.15, 0.2) is 5.96 Å². The van der Waals surface area contributed by atoms with Gasteiger partial charge < -0.3 is 20.1 Å². The molecule has 0 atom stereocenters. The summed E-state index contributed by atoms with van der Waals surface area (Å²) in [6, 6.07) is 16.5. The smallest absolute Gasteiger partial charge is 0.191 e. The third-order valence-electron chi connectivity index (χ3n) is 5.17. The van der Waals surface area contributed by atoms with E-state index in [9.17, 15) is 0 Å². The van der Waals surface area contributed by atoms with Crippen molar-refractivity contribution in [2.24, 2.45) is 10.7 Å². The quantitative estimate of drug-likeness (QED) is 0.520. The Morgan fingerprint density at radius 1 is 0.966 bits per heavy atom. The van der Waals surface area contributed by atoms with Gasteiger partial charge in [-0.2, -0.15) is 0 Å². The number of nitrogens with zero attached hydrogens (tertiary/aromatic N) is 5. The SMILES string of the molecule is NC(=NCc1ccc(Cn2ccnc2)cc1)N1CCN(c2ccc(Cl)cc2)CC1. The molecule has 1 fully saturated rings. The maximum absolute atomic E-state index is 6.25. The van der Waals surface area contributed by atoms with E-state index in [1.165, 1.54) is 11.3 Å².